The lowest BCUT2D eigenvalue weighted by Crippen LogP contribution is -2.55. The van der Waals surface area contributed by atoms with Crippen LogP contribution in [0.3, 0.4) is 0 Å². The first-order chi connectivity index (χ1) is 16.1. The highest BCUT2D eigenvalue weighted by Gasteiger charge is 2.37. The van der Waals surface area contributed by atoms with E-state index >= 15 is 0 Å². The first-order valence-electron chi connectivity index (χ1n) is 11.0. The smallest absolute Gasteiger partial charge is 0.235 e. The highest BCUT2D eigenvalue weighted by Crippen LogP contribution is 2.27. The first kappa shape index (κ1) is 20.8. The molecule has 4 heterocycles. The molecule has 33 heavy (non-hydrogen) atoms. The minimum Gasteiger partial charge on any atom is -0.355 e. The van der Waals surface area contributed by atoms with Crippen molar-refractivity contribution in [1.29, 1.82) is 0 Å². The fourth-order valence-corrected chi connectivity index (χ4v) is 4.08. The number of nitrogens with zero attached hydrogens (tertiary/aromatic N) is 7. The molecule has 0 bridgehead atoms. The maximum absolute atomic E-state index is 13.5. The molecule has 1 fully saturated rings. The van der Waals surface area contributed by atoms with Gasteiger partial charge >= 0.3 is 0 Å². The van der Waals surface area contributed by atoms with Crippen molar-refractivity contribution in [2.45, 2.75) is 20.4 Å². The van der Waals surface area contributed by atoms with Crippen molar-refractivity contribution >= 4 is 17.5 Å². The Morgan fingerprint density at radius 2 is 1.73 bits per heavy atom. The molecule has 1 aliphatic rings. The molecule has 8 heteroatoms. The van der Waals surface area contributed by atoms with Gasteiger partial charge in [0.1, 0.15) is 18.0 Å². The van der Waals surface area contributed by atoms with Crippen LogP contribution < -0.4 is 9.80 Å². The standard InChI is InChI=1S/C25H25N7O/c1-18-12-19(2)32(29-18)24-13-23(27-17-28-24)30-15-21(16-30)25(33)31(22-10-6-7-11-26-22)14-20-8-4-3-5-9-20/h3-13,17,21H,14-16H2,1-2H3. The van der Waals surface area contributed by atoms with Gasteiger partial charge in [-0.05, 0) is 37.6 Å². The van der Waals surface area contributed by atoms with Gasteiger partial charge in [0.25, 0.3) is 0 Å². The number of hydrogen-bond donors (Lipinski definition) is 0. The Morgan fingerprint density at radius 1 is 0.970 bits per heavy atom. The van der Waals surface area contributed by atoms with Crippen LogP contribution in [0.15, 0.2) is 73.2 Å². The Balaban J connectivity index is 1.32. The largest absolute Gasteiger partial charge is 0.355 e. The van der Waals surface area contributed by atoms with Crippen molar-refractivity contribution in [3.8, 4) is 5.82 Å². The summed E-state index contributed by atoms with van der Waals surface area (Å²) >= 11 is 0. The molecule has 166 valence electrons. The number of anilines is 2. The molecule has 1 saturated heterocycles. The molecule has 1 aliphatic heterocycles. The number of pyridine rings is 1. The van der Waals surface area contributed by atoms with Crippen LogP contribution in [0.2, 0.25) is 0 Å². The normalized spacial score (nSPS) is 13.6. The summed E-state index contributed by atoms with van der Waals surface area (Å²) in [6.45, 7) is 5.65. The molecule has 0 atom stereocenters. The zero-order chi connectivity index (χ0) is 22.8. The molecule has 0 radical (unpaired) electrons. The molecule has 8 nitrogen and oxygen atoms in total. The quantitative estimate of drug-likeness (QED) is 0.458. The van der Waals surface area contributed by atoms with Crippen LogP contribution in [0, 0.1) is 19.8 Å². The lowest BCUT2D eigenvalue weighted by molar-refractivity contribution is -0.123. The number of aromatic nitrogens is 5. The summed E-state index contributed by atoms with van der Waals surface area (Å²) in [6.07, 6.45) is 3.26. The molecule has 0 spiro atoms. The average Bonchev–Trinajstić information content (AvgIpc) is 3.16. The van der Waals surface area contributed by atoms with Crippen molar-refractivity contribution in [3.05, 3.63) is 90.1 Å². The predicted octanol–water partition coefficient (Wildman–Crippen LogP) is 3.34. The summed E-state index contributed by atoms with van der Waals surface area (Å²) < 4.78 is 1.81. The Labute approximate surface area is 192 Å². The summed E-state index contributed by atoms with van der Waals surface area (Å²) in [7, 11) is 0. The van der Waals surface area contributed by atoms with Crippen molar-refractivity contribution in [2.75, 3.05) is 22.9 Å². The van der Waals surface area contributed by atoms with E-state index in [0.29, 0.717) is 25.5 Å². The molecule has 0 saturated carbocycles. The van der Waals surface area contributed by atoms with Gasteiger partial charge in [0.05, 0.1) is 18.2 Å². The van der Waals surface area contributed by atoms with Crippen LogP contribution in [-0.2, 0) is 11.3 Å². The average molecular weight is 440 g/mol. The SMILES string of the molecule is Cc1cc(C)n(-c2cc(N3CC(C(=O)N(Cc4ccccc4)c4ccccn4)C3)ncn2)n1. The molecule has 5 rings (SSSR count). The van der Waals surface area contributed by atoms with Crippen molar-refractivity contribution in [1.82, 2.24) is 24.7 Å². The monoisotopic (exact) mass is 439 g/mol. The van der Waals surface area contributed by atoms with E-state index in [1.807, 2.05) is 79.2 Å². The van der Waals surface area contributed by atoms with Crippen molar-refractivity contribution < 1.29 is 4.79 Å². The number of benzene rings is 1. The van der Waals surface area contributed by atoms with E-state index in [4.69, 9.17) is 0 Å². The van der Waals surface area contributed by atoms with Gasteiger partial charge in [-0.25, -0.2) is 19.6 Å². The summed E-state index contributed by atoms with van der Waals surface area (Å²) in [5.74, 6) is 2.13. The van der Waals surface area contributed by atoms with Crippen LogP contribution in [0.4, 0.5) is 11.6 Å². The van der Waals surface area contributed by atoms with Gasteiger partial charge in [-0.3, -0.25) is 9.69 Å². The van der Waals surface area contributed by atoms with Crippen LogP contribution in [-0.4, -0.2) is 43.7 Å². The second-order valence-electron chi connectivity index (χ2n) is 8.27. The number of carbonyl (C=O) groups is 1. The molecule has 3 aromatic heterocycles. The number of amides is 1. The van der Waals surface area contributed by atoms with Crippen LogP contribution in [0.25, 0.3) is 5.82 Å². The molecule has 4 aromatic rings. The number of aryl methyl sites for hydroxylation is 2. The third-order valence-electron chi connectivity index (χ3n) is 5.79. The van der Waals surface area contributed by atoms with Gasteiger partial charge in [0.15, 0.2) is 5.82 Å². The zero-order valence-electron chi connectivity index (χ0n) is 18.7. The maximum atomic E-state index is 13.5. The zero-order valence-corrected chi connectivity index (χ0v) is 18.7. The van der Waals surface area contributed by atoms with E-state index in [-0.39, 0.29) is 11.8 Å². The predicted molar refractivity (Wildman–Crippen MR) is 126 cm³/mol. The topological polar surface area (TPSA) is 80.0 Å². The summed E-state index contributed by atoms with van der Waals surface area (Å²) in [5.41, 5.74) is 3.02. The number of rotatable bonds is 6. The molecule has 0 N–H and O–H groups in total. The molecule has 1 amide bonds. The highest BCUT2D eigenvalue weighted by atomic mass is 16.2. The van der Waals surface area contributed by atoms with Crippen molar-refractivity contribution in [3.63, 3.8) is 0 Å². The molecule has 0 unspecified atom stereocenters. The van der Waals surface area contributed by atoms with Crippen molar-refractivity contribution in [2.24, 2.45) is 5.92 Å². The third kappa shape index (κ3) is 4.32. The number of hydrogen-bond acceptors (Lipinski definition) is 6. The van der Waals surface area contributed by atoms with Crippen LogP contribution in [0.5, 0.6) is 0 Å². The Morgan fingerprint density at radius 3 is 2.42 bits per heavy atom. The first-order valence-corrected chi connectivity index (χ1v) is 11.0. The molecule has 0 aliphatic carbocycles. The van der Waals surface area contributed by atoms with Gasteiger partial charge in [-0.1, -0.05) is 36.4 Å². The highest BCUT2D eigenvalue weighted by molar-refractivity contribution is 5.95. The summed E-state index contributed by atoms with van der Waals surface area (Å²) in [5, 5.41) is 4.50. The lowest BCUT2D eigenvalue weighted by atomic mass is 9.98. The third-order valence-corrected chi connectivity index (χ3v) is 5.79. The Kier molecular flexibility index (Phi) is 5.56. The van der Waals surface area contributed by atoms with Gasteiger partial charge in [0.2, 0.25) is 5.91 Å². The van der Waals surface area contributed by atoms with E-state index in [2.05, 4.69) is 25.0 Å². The fourth-order valence-electron chi connectivity index (χ4n) is 4.08. The number of carbonyl (C=O) groups excluding carboxylic acids is 1. The van der Waals surface area contributed by atoms with Gasteiger partial charge < -0.3 is 4.90 Å². The Bertz CT molecular complexity index is 1250. The fraction of sp³-hybridized carbons (Fsp3) is 0.240. The van der Waals surface area contributed by atoms with Crippen LogP contribution in [0.1, 0.15) is 17.0 Å². The maximum Gasteiger partial charge on any atom is 0.235 e. The summed E-state index contributed by atoms with van der Waals surface area (Å²) in [4.78, 5) is 30.6. The summed E-state index contributed by atoms with van der Waals surface area (Å²) in [6, 6.07) is 19.6. The van der Waals surface area contributed by atoms with Gasteiger partial charge in [-0.15, -0.1) is 0 Å². The van der Waals surface area contributed by atoms with Gasteiger partial charge in [0, 0.05) is 31.0 Å². The van der Waals surface area contributed by atoms with Crippen LogP contribution >= 0.6 is 0 Å². The van der Waals surface area contributed by atoms with E-state index < -0.39 is 0 Å². The lowest BCUT2D eigenvalue weighted by Gasteiger charge is -2.41. The molecular formula is C25H25N7O. The van der Waals surface area contributed by atoms with E-state index in [1.54, 1.807) is 17.4 Å². The van der Waals surface area contributed by atoms with E-state index in [9.17, 15) is 4.79 Å². The second kappa shape index (κ2) is 8.82. The molecular weight excluding hydrogens is 414 g/mol. The van der Waals surface area contributed by atoms with E-state index in [1.165, 1.54) is 0 Å². The van der Waals surface area contributed by atoms with E-state index in [0.717, 1.165) is 28.6 Å². The molecule has 1 aromatic carbocycles. The Hall–Kier alpha value is -4.07. The second-order valence-corrected chi connectivity index (χ2v) is 8.27. The minimum atomic E-state index is -0.122. The van der Waals surface area contributed by atoms with Gasteiger partial charge in [-0.2, -0.15) is 5.10 Å². The minimum absolute atomic E-state index is 0.0710.